The van der Waals surface area contributed by atoms with Gasteiger partial charge in [0.15, 0.2) is 0 Å². The fraction of sp³-hybridized carbons (Fsp3) is 0.571. The van der Waals surface area contributed by atoms with Gasteiger partial charge in [-0.15, -0.1) is 0 Å². The van der Waals surface area contributed by atoms with E-state index >= 15 is 0 Å². The van der Waals surface area contributed by atoms with Gasteiger partial charge in [0.1, 0.15) is 0 Å². The van der Waals surface area contributed by atoms with Gasteiger partial charge in [-0.05, 0) is 47.0 Å². The lowest BCUT2D eigenvalue weighted by Crippen LogP contribution is -2.42. The first-order chi connectivity index (χ1) is 9.96. The molecule has 0 aromatic heterocycles. The molecule has 1 aromatic rings. The van der Waals surface area contributed by atoms with Crippen molar-refractivity contribution < 1.29 is 8.42 Å². The van der Waals surface area contributed by atoms with Crippen LogP contribution in [0.5, 0.6) is 0 Å². The lowest BCUT2D eigenvalue weighted by Gasteiger charge is -2.33. The van der Waals surface area contributed by atoms with Crippen molar-refractivity contribution in [2.24, 2.45) is 0 Å². The van der Waals surface area contributed by atoms with Gasteiger partial charge in [0.25, 0.3) is 0 Å². The average Bonchev–Trinajstić information content (AvgIpc) is 2.48. The second-order valence-electron chi connectivity index (χ2n) is 5.17. The Morgan fingerprint density at radius 2 is 1.90 bits per heavy atom. The SMILES string of the molecule is O=S(=O)(c1ccc(Cl)c(Br)c1)N(CCBr)C1CCCCC1. The molecule has 0 bridgehead atoms. The molecule has 1 aliphatic carbocycles. The molecule has 0 heterocycles. The zero-order chi connectivity index (χ0) is 15.5. The van der Waals surface area contributed by atoms with E-state index in [9.17, 15) is 8.42 Å². The third-order valence-electron chi connectivity index (χ3n) is 3.78. The summed E-state index contributed by atoms with van der Waals surface area (Å²) < 4.78 is 28.1. The summed E-state index contributed by atoms with van der Waals surface area (Å²) >= 11 is 12.6. The van der Waals surface area contributed by atoms with Crippen LogP contribution in [0.2, 0.25) is 5.02 Å². The van der Waals surface area contributed by atoms with E-state index < -0.39 is 10.0 Å². The Kier molecular flexibility index (Phi) is 6.56. The molecule has 118 valence electrons. The Morgan fingerprint density at radius 1 is 1.24 bits per heavy atom. The summed E-state index contributed by atoms with van der Waals surface area (Å²) in [5.74, 6) is 0. The lowest BCUT2D eigenvalue weighted by molar-refractivity contribution is 0.263. The molecule has 0 aliphatic heterocycles. The highest BCUT2D eigenvalue weighted by Crippen LogP contribution is 2.31. The molecule has 1 aliphatic rings. The van der Waals surface area contributed by atoms with Crippen molar-refractivity contribution in [3.05, 3.63) is 27.7 Å². The maximum atomic E-state index is 12.9. The molecule has 21 heavy (non-hydrogen) atoms. The molecule has 3 nitrogen and oxygen atoms in total. The van der Waals surface area contributed by atoms with E-state index in [0.29, 0.717) is 26.3 Å². The van der Waals surface area contributed by atoms with Crippen molar-refractivity contribution in [3.8, 4) is 0 Å². The molecule has 0 spiro atoms. The van der Waals surface area contributed by atoms with Gasteiger partial charge in [0.2, 0.25) is 10.0 Å². The van der Waals surface area contributed by atoms with Crippen LogP contribution in [0, 0.1) is 0 Å². The van der Waals surface area contributed by atoms with Crippen molar-refractivity contribution in [1.82, 2.24) is 4.31 Å². The predicted molar refractivity (Wildman–Crippen MR) is 93.7 cm³/mol. The average molecular weight is 460 g/mol. The molecule has 0 amide bonds. The summed E-state index contributed by atoms with van der Waals surface area (Å²) in [5, 5.41) is 1.15. The third-order valence-corrected chi connectivity index (χ3v) is 7.30. The predicted octanol–water partition coefficient (Wildman–Crippen LogP) is 4.82. The van der Waals surface area contributed by atoms with E-state index in [-0.39, 0.29) is 6.04 Å². The number of alkyl halides is 1. The molecule has 1 aromatic carbocycles. The van der Waals surface area contributed by atoms with Gasteiger partial charge in [-0.1, -0.05) is 46.8 Å². The van der Waals surface area contributed by atoms with E-state index in [1.54, 1.807) is 22.5 Å². The Labute approximate surface area is 148 Å². The maximum Gasteiger partial charge on any atom is 0.243 e. The highest BCUT2D eigenvalue weighted by molar-refractivity contribution is 9.10. The maximum absolute atomic E-state index is 12.9. The fourth-order valence-electron chi connectivity index (χ4n) is 2.72. The van der Waals surface area contributed by atoms with E-state index in [4.69, 9.17) is 11.6 Å². The van der Waals surface area contributed by atoms with Crippen LogP contribution < -0.4 is 0 Å². The van der Waals surface area contributed by atoms with Crippen molar-refractivity contribution >= 4 is 53.5 Å². The van der Waals surface area contributed by atoms with Crippen LogP contribution in [0.1, 0.15) is 32.1 Å². The molecule has 0 atom stereocenters. The Hall–Kier alpha value is 0.380. The minimum Gasteiger partial charge on any atom is -0.207 e. The first kappa shape index (κ1) is 17.7. The Bertz CT molecular complexity index is 589. The topological polar surface area (TPSA) is 37.4 Å². The minimum absolute atomic E-state index is 0.107. The summed E-state index contributed by atoms with van der Waals surface area (Å²) in [4.78, 5) is 0.297. The number of nitrogens with zero attached hydrogens (tertiary/aromatic N) is 1. The van der Waals surface area contributed by atoms with Crippen molar-refractivity contribution in [2.45, 2.75) is 43.0 Å². The molecule has 0 unspecified atom stereocenters. The molecular formula is C14H18Br2ClNO2S. The number of rotatable bonds is 5. The molecule has 0 saturated heterocycles. The summed E-state index contributed by atoms with van der Waals surface area (Å²) in [6, 6.07) is 4.88. The van der Waals surface area contributed by atoms with Gasteiger partial charge >= 0.3 is 0 Å². The first-order valence-electron chi connectivity index (χ1n) is 6.99. The molecule has 0 N–H and O–H groups in total. The Morgan fingerprint density at radius 3 is 2.48 bits per heavy atom. The van der Waals surface area contributed by atoms with Gasteiger partial charge in [0.05, 0.1) is 9.92 Å². The van der Waals surface area contributed by atoms with E-state index in [1.807, 2.05) is 0 Å². The van der Waals surface area contributed by atoms with Crippen LogP contribution in [0.4, 0.5) is 0 Å². The minimum atomic E-state index is -3.49. The molecular weight excluding hydrogens is 441 g/mol. The van der Waals surface area contributed by atoms with E-state index in [1.165, 1.54) is 6.42 Å². The van der Waals surface area contributed by atoms with Crippen LogP contribution in [-0.4, -0.2) is 30.6 Å². The van der Waals surface area contributed by atoms with Crippen molar-refractivity contribution in [3.63, 3.8) is 0 Å². The summed E-state index contributed by atoms with van der Waals surface area (Å²) in [5.41, 5.74) is 0. The molecule has 1 fully saturated rings. The van der Waals surface area contributed by atoms with Crippen LogP contribution in [-0.2, 0) is 10.0 Å². The Balaban J connectivity index is 2.34. The molecule has 7 heteroatoms. The smallest absolute Gasteiger partial charge is 0.207 e. The lowest BCUT2D eigenvalue weighted by atomic mass is 9.95. The quantitative estimate of drug-likeness (QED) is 0.592. The van der Waals surface area contributed by atoms with Crippen LogP contribution in [0.25, 0.3) is 0 Å². The fourth-order valence-corrected chi connectivity index (χ4v) is 5.70. The monoisotopic (exact) mass is 457 g/mol. The van der Waals surface area contributed by atoms with Crippen LogP contribution in [0.15, 0.2) is 27.6 Å². The zero-order valence-corrected chi connectivity index (χ0v) is 16.3. The van der Waals surface area contributed by atoms with Gasteiger partial charge in [-0.3, -0.25) is 0 Å². The number of hydrogen-bond acceptors (Lipinski definition) is 2. The molecule has 0 radical (unpaired) electrons. The van der Waals surface area contributed by atoms with E-state index in [2.05, 4.69) is 31.9 Å². The van der Waals surface area contributed by atoms with Crippen LogP contribution in [0.3, 0.4) is 0 Å². The second kappa shape index (κ2) is 7.77. The largest absolute Gasteiger partial charge is 0.243 e. The third kappa shape index (κ3) is 4.22. The second-order valence-corrected chi connectivity index (χ2v) is 9.12. The molecule has 2 rings (SSSR count). The summed E-state index contributed by atoms with van der Waals surface area (Å²) in [6.07, 6.45) is 5.29. The van der Waals surface area contributed by atoms with Gasteiger partial charge < -0.3 is 0 Å². The number of hydrogen-bond donors (Lipinski definition) is 0. The highest BCUT2D eigenvalue weighted by Gasteiger charge is 2.32. The number of benzene rings is 1. The normalized spacial score (nSPS) is 17.3. The zero-order valence-electron chi connectivity index (χ0n) is 11.6. The molecule has 1 saturated carbocycles. The van der Waals surface area contributed by atoms with Crippen molar-refractivity contribution in [1.29, 1.82) is 0 Å². The number of sulfonamides is 1. The number of halogens is 3. The van der Waals surface area contributed by atoms with Gasteiger partial charge in [-0.25, -0.2) is 8.42 Å². The van der Waals surface area contributed by atoms with Gasteiger partial charge in [0, 0.05) is 22.4 Å². The first-order valence-corrected chi connectivity index (χ1v) is 10.7. The standard InChI is InChI=1S/C14H18Br2ClNO2S/c15-8-9-18(11-4-2-1-3-5-11)21(19,20)12-6-7-14(17)13(16)10-12/h6-7,10-11H,1-5,8-9H2. The summed E-state index contributed by atoms with van der Waals surface area (Å²) in [6.45, 7) is 0.493. The van der Waals surface area contributed by atoms with Crippen LogP contribution >= 0.6 is 43.5 Å². The highest BCUT2D eigenvalue weighted by atomic mass is 79.9. The van der Waals surface area contributed by atoms with Gasteiger partial charge in [-0.2, -0.15) is 4.31 Å². The summed E-state index contributed by atoms with van der Waals surface area (Å²) in [7, 11) is -3.49. The van der Waals surface area contributed by atoms with Crippen molar-refractivity contribution in [2.75, 3.05) is 11.9 Å². The van der Waals surface area contributed by atoms with E-state index in [0.717, 1.165) is 25.7 Å².